The van der Waals surface area contributed by atoms with E-state index in [1.54, 1.807) is 6.20 Å². The number of nitrogens with one attached hydrogen (secondary N) is 1. The summed E-state index contributed by atoms with van der Waals surface area (Å²) in [6, 6.07) is 2.99. The number of hydrogen-bond donors (Lipinski definition) is 1. The molecule has 3 rings (SSSR count). The average Bonchev–Trinajstić information content (AvgIpc) is 2.90. The fourth-order valence-electron chi connectivity index (χ4n) is 2.76. The lowest BCUT2D eigenvalue weighted by atomic mass is 10.2. The molecule has 0 radical (unpaired) electrons. The maximum absolute atomic E-state index is 13.9. The van der Waals surface area contributed by atoms with Crippen LogP contribution in [0.4, 0.5) is 20.3 Å². The Balaban J connectivity index is 1.82. The maximum atomic E-state index is 13.9. The molecule has 1 N–H and O–H groups in total. The summed E-state index contributed by atoms with van der Waals surface area (Å²) in [6.07, 6.45) is 3.07. The molecule has 1 amide bonds. The Bertz CT molecular complexity index is 817. The van der Waals surface area contributed by atoms with Crippen molar-refractivity contribution >= 4 is 17.4 Å². The van der Waals surface area contributed by atoms with E-state index in [1.807, 2.05) is 6.92 Å². The van der Waals surface area contributed by atoms with Crippen molar-refractivity contribution in [1.82, 2.24) is 9.55 Å². The highest BCUT2D eigenvalue weighted by atomic mass is 19.1. The van der Waals surface area contributed by atoms with E-state index < -0.39 is 23.6 Å². The molecule has 1 aliphatic heterocycles. The standard InChI is InChI=1S/C16H16F2N4O2/c1-2-21-7-6-19-15(16(21)24)20-10-8-13(23)22(9-10)14-11(17)4-3-5-12(14)18/h3-7,10H,2,8-9H2,1H3,(H,19,20)/t10-/m0/s1. The number of carbonyl (C=O) groups excluding carboxylic acids is 1. The van der Waals surface area contributed by atoms with Crippen LogP contribution in [0.2, 0.25) is 0 Å². The van der Waals surface area contributed by atoms with Crippen LogP contribution in [0.1, 0.15) is 13.3 Å². The van der Waals surface area contributed by atoms with Gasteiger partial charge in [0.25, 0.3) is 5.56 Å². The second-order valence-corrected chi connectivity index (χ2v) is 5.49. The summed E-state index contributed by atoms with van der Waals surface area (Å²) in [7, 11) is 0. The van der Waals surface area contributed by atoms with Crippen molar-refractivity contribution in [3.63, 3.8) is 0 Å². The van der Waals surface area contributed by atoms with E-state index in [1.165, 1.54) is 16.8 Å². The third-order valence-electron chi connectivity index (χ3n) is 3.93. The largest absolute Gasteiger partial charge is 0.360 e. The highest BCUT2D eigenvalue weighted by molar-refractivity contribution is 5.96. The van der Waals surface area contributed by atoms with E-state index in [0.717, 1.165) is 17.0 Å². The monoisotopic (exact) mass is 334 g/mol. The molecule has 1 aromatic carbocycles. The van der Waals surface area contributed by atoms with Gasteiger partial charge in [-0.15, -0.1) is 0 Å². The lowest BCUT2D eigenvalue weighted by Crippen LogP contribution is -2.32. The van der Waals surface area contributed by atoms with Gasteiger partial charge in [-0.1, -0.05) is 6.07 Å². The number of anilines is 2. The molecule has 24 heavy (non-hydrogen) atoms. The van der Waals surface area contributed by atoms with Gasteiger partial charge in [0.05, 0.1) is 6.04 Å². The molecule has 1 saturated heterocycles. The first-order valence-electron chi connectivity index (χ1n) is 7.57. The zero-order chi connectivity index (χ0) is 17.3. The van der Waals surface area contributed by atoms with Gasteiger partial charge in [-0.25, -0.2) is 13.8 Å². The fraction of sp³-hybridized carbons (Fsp3) is 0.312. The van der Waals surface area contributed by atoms with Crippen LogP contribution in [0.5, 0.6) is 0 Å². The SMILES string of the molecule is CCn1ccnc(N[C@H]2CC(=O)N(c3c(F)cccc3F)C2)c1=O. The van der Waals surface area contributed by atoms with Crippen LogP contribution in [0.3, 0.4) is 0 Å². The van der Waals surface area contributed by atoms with Gasteiger partial charge in [-0.05, 0) is 19.1 Å². The molecular formula is C16H16F2N4O2. The molecule has 0 aliphatic carbocycles. The van der Waals surface area contributed by atoms with Gasteiger partial charge in [0.2, 0.25) is 5.91 Å². The van der Waals surface area contributed by atoms with E-state index in [2.05, 4.69) is 10.3 Å². The molecule has 126 valence electrons. The van der Waals surface area contributed by atoms with Gasteiger partial charge in [-0.3, -0.25) is 9.59 Å². The predicted octanol–water partition coefficient (Wildman–Crippen LogP) is 1.76. The smallest absolute Gasteiger partial charge is 0.293 e. The maximum Gasteiger partial charge on any atom is 0.293 e. The third-order valence-corrected chi connectivity index (χ3v) is 3.93. The zero-order valence-corrected chi connectivity index (χ0v) is 13.0. The minimum Gasteiger partial charge on any atom is -0.360 e. The molecule has 1 aliphatic rings. The summed E-state index contributed by atoms with van der Waals surface area (Å²) in [4.78, 5) is 29.3. The first-order valence-corrected chi connectivity index (χ1v) is 7.57. The average molecular weight is 334 g/mol. The number of amides is 1. The van der Waals surface area contributed by atoms with Crippen LogP contribution in [0.25, 0.3) is 0 Å². The van der Waals surface area contributed by atoms with Crippen LogP contribution in [0, 0.1) is 11.6 Å². The summed E-state index contributed by atoms with van der Waals surface area (Å²) in [5, 5.41) is 2.90. The number of aromatic nitrogens is 2. The summed E-state index contributed by atoms with van der Waals surface area (Å²) in [6.45, 7) is 2.37. The van der Waals surface area contributed by atoms with E-state index in [4.69, 9.17) is 0 Å². The normalized spacial score (nSPS) is 17.4. The number of para-hydroxylation sites is 1. The molecule has 6 nitrogen and oxygen atoms in total. The number of rotatable bonds is 4. The summed E-state index contributed by atoms with van der Waals surface area (Å²) < 4.78 is 29.2. The number of benzene rings is 1. The van der Waals surface area contributed by atoms with Crippen molar-refractivity contribution in [2.24, 2.45) is 0 Å². The third kappa shape index (κ3) is 2.86. The van der Waals surface area contributed by atoms with Crippen molar-refractivity contribution < 1.29 is 13.6 Å². The number of nitrogens with zero attached hydrogens (tertiary/aromatic N) is 3. The molecule has 0 spiro atoms. The highest BCUT2D eigenvalue weighted by Crippen LogP contribution is 2.28. The number of carbonyl (C=O) groups is 1. The first-order chi connectivity index (χ1) is 11.5. The summed E-state index contributed by atoms with van der Waals surface area (Å²) in [5.41, 5.74) is -0.665. The van der Waals surface area contributed by atoms with Crippen LogP contribution in [-0.4, -0.2) is 28.0 Å². The molecule has 0 bridgehead atoms. The fourth-order valence-corrected chi connectivity index (χ4v) is 2.76. The molecular weight excluding hydrogens is 318 g/mol. The Kier molecular flexibility index (Phi) is 4.28. The van der Waals surface area contributed by atoms with Crippen molar-refractivity contribution in [3.05, 3.63) is 52.6 Å². The van der Waals surface area contributed by atoms with Gasteiger partial charge >= 0.3 is 0 Å². The van der Waals surface area contributed by atoms with Crippen molar-refractivity contribution in [3.8, 4) is 0 Å². The predicted molar refractivity (Wildman–Crippen MR) is 84.9 cm³/mol. The van der Waals surface area contributed by atoms with Gasteiger partial charge < -0.3 is 14.8 Å². The second-order valence-electron chi connectivity index (χ2n) is 5.49. The molecule has 1 atom stereocenters. The molecule has 8 heteroatoms. The van der Waals surface area contributed by atoms with Crippen LogP contribution in [0.15, 0.2) is 35.4 Å². The van der Waals surface area contributed by atoms with Gasteiger partial charge in [0, 0.05) is 31.9 Å². The molecule has 1 fully saturated rings. The van der Waals surface area contributed by atoms with Gasteiger partial charge in [0.15, 0.2) is 5.82 Å². The first kappa shape index (κ1) is 16.1. The lowest BCUT2D eigenvalue weighted by molar-refractivity contribution is -0.117. The Morgan fingerprint density at radius 1 is 1.29 bits per heavy atom. The molecule has 1 aromatic heterocycles. The molecule has 0 unspecified atom stereocenters. The van der Waals surface area contributed by atoms with Crippen LogP contribution in [-0.2, 0) is 11.3 Å². The van der Waals surface area contributed by atoms with E-state index in [9.17, 15) is 18.4 Å². The minimum absolute atomic E-state index is 0.0237. The van der Waals surface area contributed by atoms with Crippen molar-refractivity contribution in [1.29, 1.82) is 0 Å². The number of halogens is 2. The quantitative estimate of drug-likeness (QED) is 0.925. The molecule has 2 aromatic rings. The summed E-state index contributed by atoms with van der Waals surface area (Å²) in [5.74, 6) is -1.89. The topological polar surface area (TPSA) is 67.2 Å². The molecule has 2 heterocycles. The van der Waals surface area contributed by atoms with E-state index >= 15 is 0 Å². The van der Waals surface area contributed by atoms with Gasteiger partial charge in [0.1, 0.15) is 17.3 Å². The zero-order valence-electron chi connectivity index (χ0n) is 13.0. The Morgan fingerprint density at radius 2 is 2.00 bits per heavy atom. The minimum atomic E-state index is -0.796. The summed E-state index contributed by atoms with van der Waals surface area (Å²) >= 11 is 0. The van der Waals surface area contributed by atoms with Crippen molar-refractivity contribution in [2.45, 2.75) is 25.9 Å². The van der Waals surface area contributed by atoms with Gasteiger partial charge in [-0.2, -0.15) is 0 Å². The highest BCUT2D eigenvalue weighted by Gasteiger charge is 2.34. The second kappa shape index (κ2) is 6.38. The molecule has 0 saturated carbocycles. The van der Waals surface area contributed by atoms with Crippen LogP contribution >= 0.6 is 0 Å². The number of aryl methyl sites for hydroxylation is 1. The van der Waals surface area contributed by atoms with E-state index in [0.29, 0.717) is 6.54 Å². The van der Waals surface area contributed by atoms with Crippen molar-refractivity contribution in [2.75, 3.05) is 16.8 Å². The lowest BCUT2D eigenvalue weighted by Gasteiger charge is -2.18. The Labute approximate surface area is 136 Å². The van der Waals surface area contributed by atoms with E-state index in [-0.39, 0.29) is 30.0 Å². The Hall–Kier alpha value is -2.77. The number of hydrogen-bond acceptors (Lipinski definition) is 4. The Morgan fingerprint density at radius 3 is 2.67 bits per heavy atom. The van der Waals surface area contributed by atoms with Crippen LogP contribution < -0.4 is 15.8 Å².